The lowest BCUT2D eigenvalue weighted by Gasteiger charge is -2.19. The maximum atomic E-state index is 4.27. The Morgan fingerprint density at radius 1 is 0.957 bits per heavy atom. The van der Waals surface area contributed by atoms with Gasteiger partial charge in [0.15, 0.2) is 5.65 Å². The first-order valence-corrected chi connectivity index (χ1v) is 7.50. The van der Waals surface area contributed by atoms with Gasteiger partial charge < -0.3 is 10.3 Å². The SMILES string of the molecule is c1cncc(C2Nc3ccccc3-c3cnnc4[nH]cc2c34)c1. The number of pyridine rings is 1. The number of aromatic amines is 1. The standard InChI is InChI=1S/C18H13N5/c1-2-6-15-12(5-1)13-10-21-23-18-16(13)14(9-20-18)17(22-15)11-4-3-7-19-8-11/h1-10,17,22H,(H,20,23). The third-order valence-electron chi connectivity index (χ3n) is 4.35. The van der Waals surface area contributed by atoms with Crippen LogP contribution in [0.15, 0.2) is 61.2 Å². The van der Waals surface area contributed by atoms with Gasteiger partial charge in [0.25, 0.3) is 0 Å². The summed E-state index contributed by atoms with van der Waals surface area (Å²) < 4.78 is 0. The molecule has 5 heteroatoms. The maximum absolute atomic E-state index is 4.27. The molecule has 0 aliphatic carbocycles. The molecule has 0 saturated heterocycles. The average Bonchev–Trinajstić information content (AvgIpc) is 2.98. The fourth-order valence-electron chi connectivity index (χ4n) is 3.32. The Bertz CT molecular complexity index is 1010. The molecule has 0 amide bonds. The summed E-state index contributed by atoms with van der Waals surface area (Å²) in [7, 11) is 0. The van der Waals surface area contributed by atoms with Crippen molar-refractivity contribution in [3.05, 3.63) is 72.3 Å². The molecule has 4 heterocycles. The first-order chi connectivity index (χ1) is 11.4. The summed E-state index contributed by atoms with van der Waals surface area (Å²) in [5.74, 6) is 0. The van der Waals surface area contributed by atoms with Gasteiger partial charge in [0.05, 0.1) is 12.2 Å². The zero-order valence-corrected chi connectivity index (χ0v) is 12.2. The molecular formula is C18H13N5. The predicted molar refractivity (Wildman–Crippen MR) is 89.0 cm³/mol. The van der Waals surface area contributed by atoms with Crippen LogP contribution in [0.25, 0.3) is 22.2 Å². The van der Waals surface area contributed by atoms with Crippen LogP contribution in [0.1, 0.15) is 17.2 Å². The molecular weight excluding hydrogens is 286 g/mol. The minimum absolute atomic E-state index is 0.0176. The quantitative estimate of drug-likeness (QED) is 0.564. The summed E-state index contributed by atoms with van der Waals surface area (Å²) in [5, 5.41) is 13.2. The van der Waals surface area contributed by atoms with E-state index in [0.717, 1.165) is 39.0 Å². The van der Waals surface area contributed by atoms with Gasteiger partial charge >= 0.3 is 0 Å². The number of H-pyrrole nitrogens is 1. The number of anilines is 1. The van der Waals surface area contributed by atoms with Crippen LogP contribution in [0.2, 0.25) is 0 Å². The second-order valence-electron chi connectivity index (χ2n) is 5.64. The summed E-state index contributed by atoms with van der Waals surface area (Å²) >= 11 is 0. The second-order valence-corrected chi connectivity index (χ2v) is 5.64. The number of rotatable bonds is 1. The molecule has 1 aliphatic rings. The number of para-hydroxylation sites is 1. The molecule has 0 spiro atoms. The van der Waals surface area contributed by atoms with Crippen LogP contribution in [0, 0.1) is 0 Å². The number of hydrogen-bond donors (Lipinski definition) is 2. The van der Waals surface area contributed by atoms with Crippen molar-refractivity contribution in [3.63, 3.8) is 0 Å². The van der Waals surface area contributed by atoms with E-state index in [9.17, 15) is 0 Å². The van der Waals surface area contributed by atoms with E-state index in [2.05, 4.69) is 43.7 Å². The van der Waals surface area contributed by atoms with E-state index in [1.165, 1.54) is 0 Å². The van der Waals surface area contributed by atoms with Crippen molar-refractivity contribution in [3.8, 4) is 11.1 Å². The van der Waals surface area contributed by atoms with Gasteiger partial charge in [0, 0.05) is 46.4 Å². The number of nitrogens with one attached hydrogen (secondary N) is 2. The minimum Gasteiger partial charge on any atom is -0.373 e. The Morgan fingerprint density at radius 3 is 2.83 bits per heavy atom. The molecule has 2 N–H and O–H groups in total. The van der Waals surface area contributed by atoms with Crippen LogP contribution in [0.5, 0.6) is 0 Å². The number of fused-ring (bicyclic) bond motifs is 2. The van der Waals surface area contributed by atoms with Crippen molar-refractivity contribution in [2.75, 3.05) is 5.32 Å². The third kappa shape index (κ3) is 1.76. The van der Waals surface area contributed by atoms with Crippen molar-refractivity contribution < 1.29 is 0 Å². The smallest absolute Gasteiger partial charge is 0.160 e. The van der Waals surface area contributed by atoms with E-state index in [4.69, 9.17) is 0 Å². The molecule has 0 fully saturated rings. The van der Waals surface area contributed by atoms with Gasteiger partial charge in [-0.2, -0.15) is 5.10 Å². The molecule has 4 aromatic rings. The van der Waals surface area contributed by atoms with Gasteiger partial charge in [-0.3, -0.25) is 4.98 Å². The molecule has 1 aromatic carbocycles. The van der Waals surface area contributed by atoms with Gasteiger partial charge in [-0.15, -0.1) is 5.10 Å². The summed E-state index contributed by atoms with van der Waals surface area (Å²) in [6.45, 7) is 0. The average molecular weight is 299 g/mol. The first-order valence-electron chi connectivity index (χ1n) is 7.50. The van der Waals surface area contributed by atoms with Crippen LogP contribution in [0.4, 0.5) is 5.69 Å². The van der Waals surface area contributed by atoms with Crippen LogP contribution >= 0.6 is 0 Å². The molecule has 3 aromatic heterocycles. The fraction of sp³-hybridized carbons (Fsp3) is 0.0556. The van der Waals surface area contributed by atoms with Crippen molar-refractivity contribution in [1.29, 1.82) is 0 Å². The van der Waals surface area contributed by atoms with Gasteiger partial charge in [0.1, 0.15) is 0 Å². The monoisotopic (exact) mass is 299 g/mol. The van der Waals surface area contributed by atoms with E-state index >= 15 is 0 Å². The first kappa shape index (κ1) is 12.3. The minimum atomic E-state index is 0.0176. The molecule has 1 aliphatic heterocycles. The third-order valence-corrected chi connectivity index (χ3v) is 4.35. The van der Waals surface area contributed by atoms with Crippen molar-refractivity contribution in [1.82, 2.24) is 20.2 Å². The molecule has 5 rings (SSSR count). The summed E-state index contributed by atoms with van der Waals surface area (Å²) in [5.41, 5.74) is 6.42. The second kappa shape index (κ2) is 4.64. The van der Waals surface area contributed by atoms with E-state index in [1.807, 2.05) is 36.8 Å². The molecule has 0 saturated carbocycles. The van der Waals surface area contributed by atoms with Gasteiger partial charge in [0.2, 0.25) is 0 Å². The lowest BCUT2D eigenvalue weighted by molar-refractivity contribution is 0.940. The predicted octanol–water partition coefficient (Wildman–Crippen LogP) is 3.53. The molecule has 110 valence electrons. The highest BCUT2D eigenvalue weighted by Crippen LogP contribution is 2.42. The summed E-state index contributed by atoms with van der Waals surface area (Å²) in [6.07, 6.45) is 7.55. The van der Waals surface area contributed by atoms with E-state index in [1.54, 1.807) is 6.20 Å². The van der Waals surface area contributed by atoms with Crippen molar-refractivity contribution in [2.45, 2.75) is 6.04 Å². The van der Waals surface area contributed by atoms with Crippen LogP contribution in [-0.4, -0.2) is 20.2 Å². The van der Waals surface area contributed by atoms with E-state index in [0.29, 0.717) is 0 Å². The molecule has 5 nitrogen and oxygen atoms in total. The highest BCUT2D eigenvalue weighted by molar-refractivity contribution is 6.00. The van der Waals surface area contributed by atoms with Gasteiger partial charge in [-0.25, -0.2) is 0 Å². The summed E-state index contributed by atoms with van der Waals surface area (Å²) in [6, 6.07) is 12.4. The normalized spacial score (nSPS) is 15.7. The Balaban J connectivity index is 1.87. The molecule has 1 unspecified atom stereocenters. The lowest BCUT2D eigenvalue weighted by atomic mass is 9.99. The Morgan fingerprint density at radius 2 is 1.91 bits per heavy atom. The molecule has 0 bridgehead atoms. The number of aromatic nitrogens is 4. The number of nitrogens with zero attached hydrogens (tertiary/aromatic N) is 3. The Hall–Kier alpha value is -3.21. The van der Waals surface area contributed by atoms with Gasteiger partial charge in [-0.05, 0) is 17.7 Å². The lowest BCUT2D eigenvalue weighted by Crippen LogP contribution is -2.11. The highest BCUT2D eigenvalue weighted by Gasteiger charge is 2.26. The van der Waals surface area contributed by atoms with E-state index < -0.39 is 0 Å². The van der Waals surface area contributed by atoms with E-state index in [-0.39, 0.29) is 6.04 Å². The Kier molecular flexibility index (Phi) is 2.49. The molecule has 23 heavy (non-hydrogen) atoms. The largest absolute Gasteiger partial charge is 0.373 e. The molecule has 0 radical (unpaired) electrons. The zero-order chi connectivity index (χ0) is 15.2. The fourth-order valence-corrected chi connectivity index (χ4v) is 3.32. The van der Waals surface area contributed by atoms with Crippen LogP contribution in [0.3, 0.4) is 0 Å². The zero-order valence-electron chi connectivity index (χ0n) is 12.2. The van der Waals surface area contributed by atoms with Crippen molar-refractivity contribution >= 4 is 16.7 Å². The Labute approximate surface area is 132 Å². The highest BCUT2D eigenvalue weighted by atomic mass is 15.1. The summed E-state index contributed by atoms with van der Waals surface area (Å²) in [4.78, 5) is 7.52. The van der Waals surface area contributed by atoms with Crippen molar-refractivity contribution in [2.24, 2.45) is 0 Å². The maximum Gasteiger partial charge on any atom is 0.160 e. The number of benzene rings is 1. The molecule has 1 atom stereocenters. The van der Waals surface area contributed by atoms with Crippen LogP contribution in [-0.2, 0) is 0 Å². The topological polar surface area (TPSA) is 66.5 Å². The number of hydrogen-bond acceptors (Lipinski definition) is 4. The van der Waals surface area contributed by atoms with Gasteiger partial charge in [-0.1, -0.05) is 24.3 Å². The van der Waals surface area contributed by atoms with Crippen LogP contribution < -0.4 is 5.32 Å².